The molecule has 1 unspecified atom stereocenters. The Hall–Kier alpha value is -2.20. The van der Waals surface area contributed by atoms with E-state index in [0.717, 1.165) is 0 Å². The highest BCUT2D eigenvalue weighted by atomic mass is 19.1. The first-order chi connectivity index (χ1) is 10.9. The molecule has 2 aromatic carbocycles. The number of hydrogen-bond donors (Lipinski definition) is 2. The first-order valence-corrected chi connectivity index (χ1v) is 7.65. The topological polar surface area (TPSA) is 49.3 Å². The second-order valence-corrected chi connectivity index (χ2v) is 6.27. The zero-order valence-electron chi connectivity index (χ0n) is 13.4. The molecule has 122 valence electrons. The van der Waals surface area contributed by atoms with Crippen LogP contribution in [0.2, 0.25) is 0 Å². The molecular formula is C19H22FNO2. The summed E-state index contributed by atoms with van der Waals surface area (Å²) in [6, 6.07) is 15.6. The molecule has 23 heavy (non-hydrogen) atoms. The number of benzene rings is 2. The summed E-state index contributed by atoms with van der Waals surface area (Å²) in [6.45, 7) is 4.05. The second-order valence-electron chi connectivity index (χ2n) is 6.27. The largest absolute Gasteiger partial charge is 0.388 e. The average molecular weight is 315 g/mol. The van der Waals surface area contributed by atoms with Crippen molar-refractivity contribution in [2.24, 2.45) is 0 Å². The highest BCUT2D eigenvalue weighted by Gasteiger charge is 2.25. The summed E-state index contributed by atoms with van der Waals surface area (Å²) in [5.41, 5.74) is 0.735. The summed E-state index contributed by atoms with van der Waals surface area (Å²) in [7, 11) is 0. The van der Waals surface area contributed by atoms with Crippen molar-refractivity contribution < 1.29 is 14.3 Å². The lowest BCUT2D eigenvalue weighted by atomic mass is 9.84. The number of amides is 1. The van der Waals surface area contributed by atoms with Crippen LogP contribution < -0.4 is 5.32 Å². The maximum atomic E-state index is 13.9. The van der Waals surface area contributed by atoms with Crippen LogP contribution in [0.5, 0.6) is 0 Å². The number of carbonyl (C=O) groups excluding carboxylic acids is 1. The third-order valence-corrected chi connectivity index (χ3v) is 3.89. The van der Waals surface area contributed by atoms with E-state index in [1.165, 1.54) is 6.07 Å². The lowest BCUT2D eigenvalue weighted by Crippen LogP contribution is -2.37. The molecule has 0 bridgehead atoms. The zero-order valence-corrected chi connectivity index (χ0v) is 13.4. The van der Waals surface area contributed by atoms with E-state index >= 15 is 0 Å². The number of carbonyl (C=O) groups is 1. The Balaban J connectivity index is 1.92. The minimum absolute atomic E-state index is 0.0165. The Morgan fingerprint density at radius 2 is 1.74 bits per heavy atom. The third-order valence-electron chi connectivity index (χ3n) is 3.89. The van der Waals surface area contributed by atoms with E-state index in [1.54, 1.807) is 30.3 Å². The fraction of sp³-hybridized carbons (Fsp3) is 0.316. The normalized spacial score (nSPS) is 12.7. The van der Waals surface area contributed by atoms with Gasteiger partial charge >= 0.3 is 0 Å². The van der Waals surface area contributed by atoms with Gasteiger partial charge in [-0.15, -0.1) is 0 Å². The van der Waals surface area contributed by atoms with Crippen molar-refractivity contribution in [1.82, 2.24) is 5.32 Å². The molecule has 0 saturated heterocycles. The van der Waals surface area contributed by atoms with Crippen molar-refractivity contribution in [3.05, 3.63) is 71.5 Å². The molecule has 0 spiro atoms. The van der Waals surface area contributed by atoms with Crippen LogP contribution in [-0.4, -0.2) is 17.6 Å². The van der Waals surface area contributed by atoms with Gasteiger partial charge in [0.1, 0.15) is 5.82 Å². The van der Waals surface area contributed by atoms with Crippen LogP contribution in [0, 0.1) is 5.82 Å². The summed E-state index contributed by atoms with van der Waals surface area (Å²) in [6.07, 6.45) is -0.857. The third kappa shape index (κ3) is 4.63. The molecule has 0 aliphatic heterocycles. The van der Waals surface area contributed by atoms with E-state index < -0.39 is 11.5 Å². The van der Waals surface area contributed by atoms with Crippen LogP contribution in [0.25, 0.3) is 0 Å². The second kappa shape index (κ2) is 7.38. The first-order valence-electron chi connectivity index (χ1n) is 7.65. The van der Waals surface area contributed by atoms with Gasteiger partial charge in [-0.05, 0) is 17.2 Å². The van der Waals surface area contributed by atoms with E-state index in [-0.39, 0.29) is 18.1 Å². The molecule has 2 aromatic rings. The van der Waals surface area contributed by atoms with Crippen LogP contribution in [0.4, 0.5) is 4.39 Å². The predicted octanol–water partition coefficient (Wildman–Crippen LogP) is 3.34. The minimum Gasteiger partial charge on any atom is -0.388 e. The van der Waals surface area contributed by atoms with Crippen LogP contribution >= 0.6 is 0 Å². The van der Waals surface area contributed by atoms with Crippen LogP contribution in [0.15, 0.2) is 54.6 Å². The first kappa shape index (κ1) is 17.2. The molecule has 1 atom stereocenters. The highest BCUT2D eigenvalue weighted by Crippen LogP contribution is 2.25. The Kier molecular flexibility index (Phi) is 5.50. The average Bonchev–Trinajstić information content (AvgIpc) is 2.54. The number of nitrogens with one attached hydrogen (secondary N) is 1. The molecule has 3 nitrogen and oxygen atoms in total. The van der Waals surface area contributed by atoms with Crippen molar-refractivity contribution >= 4 is 5.91 Å². The fourth-order valence-corrected chi connectivity index (χ4v) is 2.47. The van der Waals surface area contributed by atoms with Gasteiger partial charge in [-0.25, -0.2) is 4.39 Å². The lowest BCUT2D eigenvalue weighted by Gasteiger charge is -2.26. The van der Waals surface area contributed by atoms with E-state index in [9.17, 15) is 14.3 Å². The molecule has 2 rings (SSSR count). The Bertz CT molecular complexity index is 655. The maximum Gasteiger partial charge on any atom is 0.222 e. The predicted molar refractivity (Wildman–Crippen MR) is 88.5 cm³/mol. The maximum absolute atomic E-state index is 13.9. The van der Waals surface area contributed by atoms with Gasteiger partial charge in [0.2, 0.25) is 5.91 Å². The van der Waals surface area contributed by atoms with Crippen molar-refractivity contribution in [1.29, 1.82) is 0 Å². The van der Waals surface area contributed by atoms with E-state index in [2.05, 4.69) is 5.32 Å². The summed E-state index contributed by atoms with van der Waals surface area (Å²) in [4.78, 5) is 12.0. The molecular weight excluding hydrogens is 293 g/mol. The Morgan fingerprint density at radius 3 is 2.39 bits per heavy atom. The molecule has 2 N–H and O–H groups in total. The van der Waals surface area contributed by atoms with Crippen molar-refractivity contribution in [3.8, 4) is 0 Å². The molecule has 0 aromatic heterocycles. The van der Waals surface area contributed by atoms with E-state index in [0.29, 0.717) is 17.7 Å². The van der Waals surface area contributed by atoms with Gasteiger partial charge in [-0.1, -0.05) is 62.4 Å². The lowest BCUT2D eigenvalue weighted by molar-refractivity contribution is -0.123. The zero-order chi connectivity index (χ0) is 16.9. The van der Waals surface area contributed by atoms with Crippen molar-refractivity contribution in [2.45, 2.75) is 31.8 Å². The van der Waals surface area contributed by atoms with Gasteiger partial charge in [0.15, 0.2) is 0 Å². The summed E-state index contributed by atoms with van der Waals surface area (Å²) < 4.78 is 13.9. The fourth-order valence-electron chi connectivity index (χ4n) is 2.47. The molecule has 0 radical (unpaired) electrons. The Morgan fingerprint density at radius 1 is 1.13 bits per heavy atom. The molecule has 4 heteroatoms. The molecule has 0 fully saturated rings. The highest BCUT2D eigenvalue weighted by molar-refractivity contribution is 5.76. The van der Waals surface area contributed by atoms with Crippen molar-refractivity contribution in [2.75, 3.05) is 6.54 Å². The van der Waals surface area contributed by atoms with Crippen LogP contribution in [0.1, 0.15) is 37.5 Å². The summed E-state index contributed by atoms with van der Waals surface area (Å²) in [5, 5.41) is 12.8. The quantitative estimate of drug-likeness (QED) is 0.859. The number of hydrogen-bond acceptors (Lipinski definition) is 2. The van der Waals surface area contributed by atoms with Crippen LogP contribution in [-0.2, 0) is 10.2 Å². The molecule has 0 aliphatic carbocycles. The van der Waals surface area contributed by atoms with Crippen LogP contribution in [0.3, 0.4) is 0 Å². The van der Waals surface area contributed by atoms with Gasteiger partial charge in [-0.2, -0.15) is 0 Å². The van der Waals surface area contributed by atoms with Gasteiger partial charge in [0, 0.05) is 12.0 Å². The number of aliphatic hydroxyl groups excluding tert-OH is 1. The van der Waals surface area contributed by atoms with Gasteiger partial charge in [0.05, 0.1) is 12.5 Å². The van der Waals surface area contributed by atoms with Gasteiger partial charge in [-0.3, -0.25) is 4.79 Å². The monoisotopic (exact) mass is 315 g/mol. The summed E-state index contributed by atoms with van der Waals surface area (Å²) in [5.74, 6) is -0.540. The smallest absolute Gasteiger partial charge is 0.222 e. The van der Waals surface area contributed by atoms with E-state index in [4.69, 9.17) is 0 Å². The SMILES string of the molecule is CC(C)(CNC(=O)CC(O)c1ccccc1)c1ccccc1F. The summed E-state index contributed by atoms with van der Waals surface area (Å²) >= 11 is 0. The molecule has 0 aliphatic rings. The van der Waals surface area contributed by atoms with E-state index in [1.807, 2.05) is 32.0 Å². The molecule has 1 amide bonds. The Labute approximate surface area is 136 Å². The van der Waals surface area contributed by atoms with Crippen molar-refractivity contribution in [3.63, 3.8) is 0 Å². The number of aliphatic hydroxyl groups is 1. The minimum atomic E-state index is -0.840. The molecule has 0 saturated carbocycles. The number of rotatable bonds is 6. The molecule has 0 heterocycles. The van der Waals surface area contributed by atoms with Gasteiger partial charge < -0.3 is 10.4 Å². The standard InChI is InChI=1S/C19H22FNO2/c1-19(2,15-10-6-7-11-16(15)20)13-21-18(23)12-17(22)14-8-4-3-5-9-14/h3-11,17,22H,12-13H2,1-2H3,(H,21,23). The van der Waals surface area contributed by atoms with Gasteiger partial charge in [0.25, 0.3) is 0 Å². The number of halogens is 1.